The SMILES string of the molecule is CC1COCC(C)[N+]1=C(N)N.CC1COCC(C)[N+]1=C(N)N.O=S(=O)([O-])[O-]. The molecule has 0 aliphatic carbocycles. The van der Waals surface area contributed by atoms with Crippen LogP contribution in [-0.2, 0) is 19.9 Å². The molecular formula is C14H32N6O6S. The third-order valence-electron chi connectivity index (χ3n) is 3.93. The summed E-state index contributed by atoms with van der Waals surface area (Å²) in [5.74, 6) is 0.793. The van der Waals surface area contributed by atoms with E-state index in [1.54, 1.807) is 0 Å². The number of hydrogen-bond acceptors (Lipinski definition) is 6. The second kappa shape index (κ2) is 11.2. The van der Waals surface area contributed by atoms with Gasteiger partial charge >= 0.3 is 11.9 Å². The Kier molecular flexibility index (Phi) is 10.5. The monoisotopic (exact) mass is 412 g/mol. The number of guanidine groups is 2. The van der Waals surface area contributed by atoms with Crippen LogP contribution in [0.25, 0.3) is 0 Å². The van der Waals surface area contributed by atoms with Gasteiger partial charge in [0.05, 0.1) is 50.6 Å². The van der Waals surface area contributed by atoms with E-state index in [4.69, 9.17) is 49.9 Å². The average Bonchev–Trinajstić information content (AvgIpc) is 2.44. The van der Waals surface area contributed by atoms with E-state index in [9.17, 15) is 0 Å². The minimum Gasteiger partial charge on any atom is -0.759 e. The van der Waals surface area contributed by atoms with Crippen molar-refractivity contribution in [1.29, 1.82) is 0 Å². The summed E-state index contributed by atoms with van der Waals surface area (Å²) in [4.78, 5) is 0. The third-order valence-corrected chi connectivity index (χ3v) is 3.93. The molecule has 13 heteroatoms. The number of hydrogen-bond donors (Lipinski definition) is 4. The number of nitrogens with zero attached hydrogens (tertiary/aromatic N) is 2. The molecule has 2 aliphatic heterocycles. The van der Waals surface area contributed by atoms with Gasteiger partial charge < -0.3 is 18.6 Å². The van der Waals surface area contributed by atoms with E-state index in [1.807, 2.05) is 9.15 Å². The predicted octanol–water partition coefficient (Wildman–Crippen LogP) is -3.18. The standard InChI is InChI=1S/2C7H15N3O.H2O4S/c2*1-5-3-11-4-6(2)10(5)7(8)9;1-5(2,3)4/h2*5-6H,3-4H2,1-2H3,(H3,8,9);(H2,1,2,3,4). The first-order valence-corrected chi connectivity index (χ1v) is 9.73. The molecule has 0 radical (unpaired) electrons. The summed E-state index contributed by atoms with van der Waals surface area (Å²) in [6.07, 6.45) is 0. The van der Waals surface area contributed by atoms with Gasteiger partial charge in [0.15, 0.2) is 0 Å². The molecule has 0 aromatic carbocycles. The van der Waals surface area contributed by atoms with Gasteiger partial charge in [-0.15, -0.1) is 0 Å². The zero-order chi connectivity index (χ0) is 21.4. The van der Waals surface area contributed by atoms with Crippen LogP contribution in [0.2, 0.25) is 0 Å². The first-order chi connectivity index (χ1) is 12.3. The summed E-state index contributed by atoms with van der Waals surface area (Å²) >= 11 is 0. The van der Waals surface area contributed by atoms with Gasteiger partial charge in [0.25, 0.3) is 0 Å². The van der Waals surface area contributed by atoms with Crippen LogP contribution in [-0.4, -0.2) is 89.2 Å². The van der Waals surface area contributed by atoms with Gasteiger partial charge in [-0.1, -0.05) is 0 Å². The van der Waals surface area contributed by atoms with E-state index in [1.165, 1.54) is 0 Å². The van der Waals surface area contributed by atoms with Crippen LogP contribution >= 0.6 is 0 Å². The second-order valence-corrected chi connectivity index (χ2v) is 7.36. The number of rotatable bonds is 0. The van der Waals surface area contributed by atoms with Crippen LogP contribution in [0.3, 0.4) is 0 Å². The average molecular weight is 413 g/mol. The largest absolute Gasteiger partial charge is 0.759 e. The zero-order valence-electron chi connectivity index (χ0n) is 16.2. The molecule has 8 N–H and O–H groups in total. The van der Waals surface area contributed by atoms with Crippen LogP contribution in [0.5, 0.6) is 0 Å². The smallest absolute Gasteiger partial charge is 0.341 e. The molecule has 0 bridgehead atoms. The zero-order valence-corrected chi connectivity index (χ0v) is 17.0. The van der Waals surface area contributed by atoms with Gasteiger partial charge in [-0.05, 0) is 27.7 Å². The lowest BCUT2D eigenvalue weighted by Crippen LogP contribution is -2.51. The van der Waals surface area contributed by atoms with Gasteiger partial charge in [0, 0.05) is 10.4 Å². The van der Waals surface area contributed by atoms with Crippen molar-refractivity contribution in [2.24, 2.45) is 22.9 Å². The molecular weight excluding hydrogens is 380 g/mol. The van der Waals surface area contributed by atoms with E-state index >= 15 is 0 Å². The van der Waals surface area contributed by atoms with Crippen LogP contribution in [0.4, 0.5) is 0 Å². The molecule has 0 amide bonds. The van der Waals surface area contributed by atoms with E-state index in [0.717, 1.165) is 0 Å². The molecule has 12 nitrogen and oxygen atoms in total. The summed E-state index contributed by atoms with van der Waals surface area (Å²) < 4.78 is 48.7. The Morgan fingerprint density at radius 1 is 0.741 bits per heavy atom. The summed E-state index contributed by atoms with van der Waals surface area (Å²) in [5.41, 5.74) is 22.1. The van der Waals surface area contributed by atoms with Crippen molar-refractivity contribution in [3.63, 3.8) is 0 Å². The molecule has 0 aromatic rings. The van der Waals surface area contributed by atoms with Crippen LogP contribution < -0.4 is 22.9 Å². The molecule has 160 valence electrons. The molecule has 2 rings (SSSR count). The fourth-order valence-electron chi connectivity index (χ4n) is 3.03. The van der Waals surface area contributed by atoms with Gasteiger partial charge in [-0.25, -0.2) is 0 Å². The second-order valence-electron chi connectivity index (χ2n) is 6.54. The first kappa shape index (κ1) is 25.3. The Bertz CT molecular complexity index is 558. The highest BCUT2D eigenvalue weighted by Crippen LogP contribution is 2.06. The Labute approximate surface area is 160 Å². The van der Waals surface area contributed by atoms with Gasteiger partial charge in [-0.2, -0.15) is 0 Å². The quantitative estimate of drug-likeness (QED) is 0.136. The Morgan fingerprint density at radius 3 is 1.04 bits per heavy atom. The first-order valence-electron chi connectivity index (χ1n) is 8.40. The van der Waals surface area contributed by atoms with Crippen LogP contribution in [0.1, 0.15) is 27.7 Å². The Balaban J connectivity index is 0.000000405. The Hall–Kier alpha value is -1.67. The normalized spacial score (nSPS) is 28.2. The van der Waals surface area contributed by atoms with Gasteiger partial charge in [0.2, 0.25) is 0 Å². The molecule has 0 saturated carbocycles. The molecule has 2 saturated heterocycles. The molecule has 27 heavy (non-hydrogen) atoms. The van der Waals surface area contributed by atoms with Crippen molar-refractivity contribution in [2.45, 2.75) is 51.9 Å². The van der Waals surface area contributed by atoms with E-state index < -0.39 is 10.4 Å². The molecule has 2 aliphatic rings. The minimum absolute atomic E-state index is 0.295. The van der Waals surface area contributed by atoms with Crippen LogP contribution in [0, 0.1) is 0 Å². The number of ether oxygens (including phenoxy) is 2. The highest BCUT2D eigenvalue weighted by Gasteiger charge is 2.25. The van der Waals surface area contributed by atoms with Crippen LogP contribution in [0.15, 0.2) is 0 Å². The van der Waals surface area contributed by atoms with E-state index in [2.05, 4.69) is 27.7 Å². The lowest BCUT2D eigenvalue weighted by atomic mass is 10.2. The maximum atomic E-state index is 8.52. The predicted molar refractivity (Wildman–Crippen MR) is 97.2 cm³/mol. The molecule has 2 fully saturated rings. The van der Waals surface area contributed by atoms with Crippen molar-refractivity contribution < 1.29 is 36.1 Å². The lowest BCUT2D eigenvalue weighted by molar-refractivity contribution is -0.617. The van der Waals surface area contributed by atoms with Crippen molar-refractivity contribution in [3.8, 4) is 0 Å². The van der Waals surface area contributed by atoms with E-state index in [-0.39, 0.29) is 0 Å². The highest BCUT2D eigenvalue weighted by molar-refractivity contribution is 7.79. The maximum absolute atomic E-state index is 8.52. The number of nitrogens with two attached hydrogens (primary N) is 4. The van der Waals surface area contributed by atoms with Gasteiger partial charge in [-0.3, -0.25) is 40.5 Å². The molecule has 4 unspecified atom stereocenters. The summed E-state index contributed by atoms with van der Waals surface area (Å²) in [5, 5.41) is 0. The number of morpholine rings is 2. The van der Waals surface area contributed by atoms with Crippen molar-refractivity contribution in [1.82, 2.24) is 0 Å². The topological polar surface area (TPSA) is 209 Å². The molecule has 0 spiro atoms. The summed E-state index contributed by atoms with van der Waals surface area (Å²) in [7, 11) is -5.17. The fraction of sp³-hybridized carbons (Fsp3) is 0.857. The summed E-state index contributed by atoms with van der Waals surface area (Å²) in [6.45, 7) is 11.0. The van der Waals surface area contributed by atoms with E-state index in [0.29, 0.717) is 62.5 Å². The molecule has 2 heterocycles. The van der Waals surface area contributed by atoms with Crippen molar-refractivity contribution in [2.75, 3.05) is 26.4 Å². The molecule has 0 aromatic heterocycles. The van der Waals surface area contributed by atoms with Gasteiger partial charge in [0.1, 0.15) is 0 Å². The lowest BCUT2D eigenvalue weighted by Gasteiger charge is -2.28. The highest BCUT2D eigenvalue weighted by atomic mass is 32.3. The fourth-order valence-corrected chi connectivity index (χ4v) is 3.03. The van der Waals surface area contributed by atoms with Crippen molar-refractivity contribution in [3.05, 3.63) is 0 Å². The molecule has 4 atom stereocenters. The summed E-state index contributed by atoms with van der Waals surface area (Å²) in [6, 6.07) is 1.18. The minimum atomic E-state index is -5.17. The Morgan fingerprint density at radius 2 is 0.926 bits per heavy atom. The van der Waals surface area contributed by atoms with Crippen molar-refractivity contribution >= 4 is 22.3 Å². The maximum Gasteiger partial charge on any atom is 0.341 e. The third kappa shape index (κ3) is 10.3.